The highest BCUT2D eigenvalue weighted by Gasteiger charge is 2.12. The highest BCUT2D eigenvalue weighted by molar-refractivity contribution is 7.84. The fourth-order valence-electron chi connectivity index (χ4n) is 1.86. The maximum Gasteiger partial charge on any atom is 0.217 e. The molecule has 1 atom stereocenters. The van der Waals surface area contributed by atoms with Crippen molar-refractivity contribution in [2.24, 2.45) is 0 Å². The van der Waals surface area contributed by atoms with Gasteiger partial charge in [-0.2, -0.15) is 0 Å². The first kappa shape index (κ1) is 13.5. The third kappa shape index (κ3) is 3.12. The fraction of sp³-hybridized carbons (Fsp3) is 0.214. The van der Waals surface area contributed by atoms with E-state index in [1.807, 2.05) is 31.2 Å². The number of nitrogen functional groups attached to an aromatic ring is 1. The molecule has 19 heavy (non-hydrogen) atoms. The fourth-order valence-corrected chi connectivity index (χ4v) is 3.16. The normalized spacial score (nSPS) is 12.1. The molecule has 5 heteroatoms. The monoisotopic (exact) mass is 276 g/mol. The average Bonchev–Trinajstić information content (AvgIpc) is 2.39. The third-order valence-corrected chi connectivity index (χ3v) is 4.30. The van der Waals surface area contributed by atoms with Crippen LogP contribution in [0.4, 0.5) is 5.69 Å². The van der Waals surface area contributed by atoms with Crippen LogP contribution in [-0.2, 0) is 16.6 Å². The highest BCUT2D eigenvalue weighted by atomic mass is 32.2. The molecule has 1 aromatic carbocycles. The van der Waals surface area contributed by atoms with Crippen LogP contribution in [0.3, 0.4) is 0 Å². The van der Waals surface area contributed by atoms with Gasteiger partial charge in [0.05, 0.1) is 23.7 Å². The highest BCUT2D eigenvalue weighted by Crippen LogP contribution is 2.22. The lowest BCUT2D eigenvalue weighted by Gasteiger charge is -2.09. The summed E-state index contributed by atoms with van der Waals surface area (Å²) in [6.07, 6.45) is 1.65. The number of aryl methyl sites for hydroxylation is 1. The summed E-state index contributed by atoms with van der Waals surface area (Å²) >= 11 is 0. The zero-order valence-electron chi connectivity index (χ0n) is 10.9. The lowest BCUT2D eigenvalue weighted by molar-refractivity contribution is 0.394. The second-order valence-corrected chi connectivity index (χ2v) is 5.61. The van der Waals surface area contributed by atoms with E-state index in [1.54, 1.807) is 19.4 Å². The molecule has 4 nitrogen and oxygen atoms in total. The maximum absolute atomic E-state index is 12.4. The number of pyridine rings is 1. The molecule has 0 aliphatic heterocycles. The summed E-state index contributed by atoms with van der Waals surface area (Å²) in [5, 5.41) is 0. The Balaban J connectivity index is 2.26. The minimum absolute atomic E-state index is 0.377. The minimum atomic E-state index is -1.14. The smallest absolute Gasteiger partial charge is 0.217 e. The zero-order chi connectivity index (χ0) is 13.8. The summed E-state index contributed by atoms with van der Waals surface area (Å²) in [5.74, 6) is 0.894. The Labute approximate surface area is 115 Å². The summed E-state index contributed by atoms with van der Waals surface area (Å²) in [6, 6.07) is 9.08. The summed E-state index contributed by atoms with van der Waals surface area (Å²) in [4.78, 5) is 4.90. The number of aromatic nitrogens is 1. The van der Waals surface area contributed by atoms with Gasteiger partial charge in [-0.25, -0.2) is 4.98 Å². The quantitative estimate of drug-likeness (QED) is 0.870. The lowest BCUT2D eigenvalue weighted by atomic mass is 10.2. The van der Waals surface area contributed by atoms with Gasteiger partial charge in [0.15, 0.2) is 0 Å². The predicted octanol–water partition coefficient (Wildman–Crippen LogP) is 2.29. The van der Waals surface area contributed by atoms with Crippen LogP contribution in [0, 0.1) is 6.92 Å². The van der Waals surface area contributed by atoms with E-state index < -0.39 is 10.8 Å². The third-order valence-electron chi connectivity index (χ3n) is 2.77. The van der Waals surface area contributed by atoms with E-state index in [-0.39, 0.29) is 0 Å². The van der Waals surface area contributed by atoms with Crippen LogP contribution in [-0.4, -0.2) is 16.3 Å². The van der Waals surface area contributed by atoms with Crippen LogP contribution in [0.1, 0.15) is 11.1 Å². The number of nitrogens with two attached hydrogens (primary N) is 1. The lowest BCUT2D eigenvalue weighted by Crippen LogP contribution is -2.02. The van der Waals surface area contributed by atoms with Crippen LogP contribution in [0.2, 0.25) is 0 Å². The van der Waals surface area contributed by atoms with E-state index in [1.165, 1.54) is 0 Å². The Bertz CT molecular complexity index is 614. The van der Waals surface area contributed by atoms with Gasteiger partial charge in [-0.05, 0) is 36.8 Å². The van der Waals surface area contributed by atoms with Gasteiger partial charge in [-0.15, -0.1) is 0 Å². The van der Waals surface area contributed by atoms with Gasteiger partial charge in [0, 0.05) is 22.3 Å². The Morgan fingerprint density at radius 3 is 2.84 bits per heavy atom. The number of hydrogen-bond donors (Lipinski definition) is 1. The summed E-state index contributed by atoms with van der Waals surface area (Å²) in [7, 11) is 0.417. The molecule has 100 valence electrons. The number of ether oxygens (including phenoxy) is 1. The minimum Gasteiger partial charge on any atom is -0.481 e. The van der Waals surface area contributed by atoms with Crippen molar-refractivity contribution in [1.29, 1.82) is 0 Å². The van der Waals surface area contributed by atoms with Crippen molar-refractivity contribution in [3.05, 3.63) is 47.7 Å². The van der Waals surface area contributed by atoms with E-state index in [0.717, 1.165) is 16.0 Å². The SMILES string of the molecule is COc1ncccc1CS(=O)c1ccc(N)cc1C. The van der Waals surface area contributed by atoms with Crippen molar-refractivity contribution in [3.63, 3.8) is 0 Å². The second kappa shape index (κ2) is 5.84. The summed E-state index contributed by atoms with van der Waals surface area (Å²) in [5.41, 5.74) is 8.14. The molecule has 2 rings (SSSR count). The number of benzene rings is 1. The molecular formula is C14H16N2O2S. The first-order valence-corrected chi connectivity index (χ1v) is 7.16. The second-order valence-electron chi connectivity index (χ2n) is 4.19. The van der Waals surface area contributed by atoms with Gasteiger partial charge in [-0.3, -0.25) is 4.21 Å². The first-order chi connectivity index (χ1) is 9.11. The van der Waals surface area contributed by atoms with Gasteiger partial charge in [0.2, 0.25) is 5.88 Å². The molecule has 0 saturated carbocycles. The van der Waals surface area contributed by atoms with E-state index in [0.29, 0.717) is 17.3 Å². The molecule has 1 heterocycles. The number of anilines is 1. The molecule has 0 aliphatic carbocycles. The Morgan fingerprint density at radius 1 is 1.37 bits per heavy atom. The molecule has 1 unspecified atom stereocenters. The molecule has 0 aliphatic rings. The van der Waals surface area contributed by atoms with Crippen molar-refractivity contribution in [1.82, 2.24) is 4.98 Å². The Morgan fingerprint density at radius 2 is 2.16 bits per heavy atom. The van der Waals surface area contributed by atoms with Crippen molar-refractivity contribution in [3.8, 4) is 5.88 Å². The van der Waals surface area contributed by atoms with Gasteiger partial charge in [-0.1, -0.05) is 6.07 Å². The molecule has 2 N–H and O–H groups in total. The molecule has 0 fully saturated rings. The average molecular weight is 276 g/mol. The number of methoxy groups -OCH3 is 1. The van der Waals surface area contributed by atoms with E-state index in [4.69, 9.17) is 10.5 Å². The molecule has 0 amide bonds. The predicted molar refractivity (Wildman–Crippen MR) is 76.5 cm³/mol. The van der Waals surface area contributed by atoms with Gasteiger partial charge in [0.1, 0.15) is 0 Å². The van der Waals surface area contributed by atoms with E-state index in [2.05, 4.69) is 4.98 Å². The Hall–Kier alpha value is -1.88. The molecule has 0 bridgehead atoms. The number of rotatable bonds is 4. The molecule has 0 spiro atoms. The zero-order valence-corrected chi connectivity index (χ0v) is 11.7. The van der Waals surface area contributed by atoms with Crippen molar-refractivity contribution in [2.75, 3.05) is 12.8 Å². The molecule has 0 saturated heterocycles. The van der Waals surface area contributed by atoms with Crippen molar-refractivity contribution >= 4 is 16.5 Å². The number of nitrogens with zero attached hydrogens (tertiary/aromatic N) is 1. The first-order valence-electron chi connectivity index (χ1n) is 5.84. The standard InChI is InChI=1S/C14H16N2O2S/c1-10-8-12(15)5-6-13(10)19(17)9-11-4-3-7-16-14(11)18-2/h3-8H,9,15H2,1-2H3. The number of hydrogen-bond acceptors (Lipinski definition) is 4. The summed E-state index contributed by atoms with van der Waals surface area (Å²) < 4.78 is 17.6. The van der Waals surface area contributed by atoms with Gasteiger partial charge >= 0.3 is 0 Å². The maximum atomic E-state index is 12.4. The molecule has 2 aromatic rings. The van der Waals surface area contributed by atoms with Crippen molar-refractivity contribution < 1.29 is 8.95 Å². The van der Waals surface area contributed by atoms with Gasteiger partial charge in [0.25, 0.3) is 0 Å². The van der Waals surface area contributed by atoms with Gasteiger partial charge < -0.3 is 10.5 Å². The van der Waals surface area contributed by atoms with Crippen LogP contribution >= 0.6 is 0 Å². The Kier molecular flexibility index (Phi) is 4.16. The van der Waals surface area contributed by atoms with Crippen LogP contribution in [0.15, 0.2) is 41.4 Å². The van der Waals surface area contributed by atoms with Crippen LogP contribution < -0.4 is 10.5 Å². The van der Waals surface area contributed by atoms with Crippen molar-refractivity contribution in [2.45, 2.75) is 17.6 Å². The van der Waals surface area contributed by atoms with Crippen LogP contribution in [0.25, 0.3) is 0 Å². The molecule has 1 aromatic heterocycles. The van der Waals surface area contributed by atoms with E-state index in [9.17, 15) is 4.21 Å². The summed E-state index contributed by atoms with van der Waals surface area (Å²) in [6.45, 7) is 1.91. The largest absolute Gasteiger partial charge is 0.481 e. The topological polar surface area (TPSA) is 65.2 Å². The van der Waals surface area contributed by atoms with Crippen LogP contribution in [0.5, 0.6) is 5.88 Å². The van der Waals surface area contributed by atoms with E-state index >= 15 is 0 Å². The molecular weight excluding hydrogens is 260 g/mol. The molecule has 0 radical (unpaired) electrons.